The molecule has 3 heteroatoms. The first kappa shape index (κ1) is 29.3. The first-order chi connectivity index (χ1) is 25.2. The van der Waals surface area contributed by atoms with Crippen molar-refractivity contribution in [1.29, 1.82) is 0 Å². The Kier molecular flexibility index (Phi) is 6.46. The molecular formula is C48H32N2O. The van der Waals surface area contributed by atoms with Crippen LogP contribution in [0, 0.1) is 0 Å². The van der Waals surface area contributed by atoms with Gasteiger partial charge in [0.25, 0.3) is 0 Å². The van der Waals surface area contributed by atoms with E-state index in [1.807, 2.05) is 43.4 Å². The van der Waals surface area contributed by atoms with Crippen LogP contribution in [0.4, 0.5) is 0 Å². The van der Waals surface area contributed by atoms with E-state index in [0.717, 1.165) is 44.3 Å². The molecule has 8 aromatic rings. The monoisotopic (exact) mass is 652 g/mol. The summed E-state index contributed by atoms with van der Waals surface area (Å²) in [5.74, 6) is 0.613. The predicted molar refractivity (Wildman–Crippen MR) is 209 cm³/mol. The Bertz CT molecular complexity index is 2720. The highest BCUT2D eigenvalue weighted by atomic mass is 16.3. The van der Waals surface area contributed by atoms with Gasteiger partial charge in [-0.3, -0.25) is 0 Å². The molecule has 0 atom stereocenters. The minimum atomic E-state index is -0.392. The molecule has 10 rings (SSSR count). The van der Waals surface area contributed by atoms with Gasteiger partial charge in [-0.15, -0.1) is 0 Å². The second kappa shape index (κ2) is 11.2. The van der Waals surface area contributed by atoms with Gasteiger partial charge in [0.2, 0.25) is 5.71 Å². The Balaban J connectivity index is 1.21. The van der Waals surface area contributed by atoms with Crippen LogP contribution >= 0.6 is 0 Å². The highest BCUT2D eigenvalue weighted by Crippen LogP contribution is 2.63. The van der Waals surface area contributed by atoms with E-state index < -0.39 is 5.41 Å². The molecule has 0 bridgehead atoms. The van der Waals surface area contributed by atoms with Crippen LogP contribution in [0.3, 0.4) is 0 Å². The van der Waals surface area contributed by atoms with E-state index in [9.17, 15) is 0 Å². The Labute approximate surface area is 296 Å². The Morgan fingerprint density at radius 1 is 0.608 bits per heavy atom. The number of aromatic nitrogens is 2. The van der Waals surface area contributed by atoms with Gasteiger partial charge in [0.05, 0.1) is 16.5 Å². The minimum Gasteiger partial charge on any atom is -0.438 e. The van der Waals surface area contributed by atoms with Gasteiger partial charge in [0, 0.05) is 16.5 Å². The zero-order valence-electron chi connectivity index (χ0n) is 28.1. The number of hydrogen-bond acceptors (Lipinski definition) is 3. The van der Waals surface area contributed by atoms with Gasteiger partial charge < -0.3 is 4.42 Å². The lowest BCUT2D eigenvalue weighted by atomic mass is 9.70. The average Bonchev–Trinajstić information content (AvgIpc) is 3.82. The number of hydrogen-bond donors (Lipinski definition) is 0. The average molecular weight is 653 g/mol. The van der Waals surface area contributed by atoms with Crippen molar-refractivity contribution in [3.63, 3.8) is 0 Å². The van der Waals surface area contributed by atoms with Gasteiger partial charge in [-0.25, -0.2) is 4.98 Å². The lowest BCUT2D eigenvalue weighted by molar-refractivity contribution is 0.652. The number of furan rings is 1. The van der Waals surface area contributed by atoms with Crippen LogP contribution in [-0.2, 0) is 5.41 Å². The molecule has 0 saturated carbocycles. The predicted octanol–water partition coefficient (Wildman–Crippen LogP) is 12.2. The molecule has 0 aliphatic heterocycles. The smallest absolute Gasteiger partial charge is 0.231 e. The Hall–Kier alpha value is -6.58. The van der Waals surface area contributed by atoms with Crippen molar-refractivity contribution in [2.75, 3.05) is 0 Å². The normalized spacial score (nSPS) is 13.9. The molecule has 0 radical (unpaired) electrons. The first-order valence-electron chi connectivity index (χ1n) is 17.4. The SMILES string of the molecule is C=C/C=C\C(=C/C)c1nc(-c2ccccc2)c2c(n1)oc1ccc(-c3ccc4c(c3)C3(c5ccccc5-c5ccccc53)c3ccccc3-4)cc12. The van der Waals surface area contributed by atoms with Gasteiger partial charge in [-0.05, 0) is 80.8 Å². The molecule has 240 valence electrons. The standard InChI is InChI=1S/C48H32N2O/c1-3-5-15-30(4-2)46-49-45(31-16-7-6-8-17-31)44-38-28-32(25-27-43(38)51-47(44)50-46)33-24-26-37-36-20-11-14-23-41(36)48(42(37)29-33)39-21-12-9-18-34(39)35-19-10-13-22-40(35)48/h3-29H,1H2,2H3/b15-5-,30-4+. The largest absolute Gasteiger partial charge is 0.438 e. The summed E-state index contributed by atoms with van der Waals surface area (Å²) in [7, 11) is 0. The lowest BCUT2D eigenvalue weighted by Crippen LogP contribution is -2.25. The van der Waals surface area contributed by atoms with E-state index in [-0.39, 0.29) is 0 Å². The van der Waals surface area contributed by atoms with Crippen molar-refractivity contribution < 1.29 is 4.42 Å². The molecule has 0 amide bonds. The third-order valence-corrected chi connectivity index (χ3v) is 10.7. The number of rotatable bonds is 5. The third kappa shape index (κ3) is 4.12. The zero-order valence-corrected chi connectivity index (χ0v) is 28.1. The summed E-state index contributed by atoms with van der Waals surface area (Å²) in [5.41, 5.74) is 16.5. The number of fused-ring (bicyclic) bond motifs is 13. The molecule has 6 aromatic carbocycles. The third-order valence-electron chi connectivity index (χ3n) is 10.7. The maximum absolute atomic E-state index is 6.49. The molecule has 3 nitrogen and oxygen atoms in total. The van der Waals surface area contributed by atoms with E-state index in [0.29, 0.717) is 11.5 Å². The maximum Gasteiger partial charge on any atom is 0.231 e. The molecule has 1 spiro atoms. The highest BCUT2D eigenvalue weighted by Gasteiger charge is 2.51. The van der Waals surface area contributed by atoms with Crippen molar-refractivity contribution in [2.45, 2.75) is 12.3 Å². The number of nitrogens with zero attached hydrogens (tertiary/aromatic N) is 2. The summed E-state index contributed by atoms with van der Waals surface area (Å²) in [4.78, 5) is 10.1. The Morgan fingerprint density at radius 3 is 1.84 bits per heavy atom. The molecule has 2 aliphatic carbocycles. The van der Waals surface area contributed by atoms with Crippen molar-refractivity contribution in [3.8, 4) is 44.6 Å². The maximum atomic E-state index is 6.49. The van der Waals surface area contributed by atoms with Gasteiger partial charge in [-0.1, -0.05) is 152 Å². The molecule has 0 saturated heterocycles. The molecule has 0 unspecified atom stereocenters. The molecular weight excluding hydrogens is 621 g/mol. The van der Waals surface area contributed by atoms with E-state index in [1.54, 1.807) is 6.08 Å². The van der Waals surface area contributed by atoms with Crippen LogP contribution in [0.1, 0.15) is 35.0 Å². The number of allylic oxidation sites excluding steroid dienone is 5. The minimum absolute atomic E-state index is 0.392. The van der Waals surface area contributed by atoms with Crippen LogP contribution in [0.2, 0.25) is 0 Å². The van der Waals surface area contributed by atoms with E-state index >= 15 is 0 Å². The summed E-state index contributed by atoms with van der Waals surface area (Å²) in [6, 6.07) is 50.6. The molecule has 0 fully saturated rings. The van der Waals surface area contributed by atoms with Gasteiger partial charge in [-0.2, -0.15) is 4.98 Å². The topological polar surface area (TPSA) is 38.9 Å². The van der Waals surface area contributed by atoms with Crippen LogP contribution in [0.25, 0.3) is 72.3 Å². The molecule has 0 N–H and O–H groups in total. The highest BCUT2D eigenvalue weighted by molar-refractivity contribution is 6.11. The molecule has 51 heavy (non-hydrogen) atoms. The summed E-state index contributed by atoms with van der Waals surface area (Å²) in [5, 5.41) is 1.90. The van der Waals surface area contributed by atoms with Crippen LogP contribution < -0.4 is 0 Å². The fourth-order valence-corrected chi connectivity index (χ4v) is 8.53. The van der Waals surface area contributed by atoms with Crippen LogP contribution in [0.5, 0.6) is 0 Å². The molecule has 2 aromatic heterocycles. The molecule has 2 heterocycles. The van der Waals surface area contributed by atoms with Gasteiger partial charge in [0.15, 0.2) is 5.82 Å². The van der Waals surface area contributed by atoms with Crippen molar-refractivity contribution in [1.82, 2.24) is 9.97 Å². The lowest BCUT2D eigenvalue weighted by Gasteiger charge is -2.30. The quantitative estimate of drug-likeness (QED) is 0.174. The summed E-state index contributed by atoms with van der Waals surface area (Å²) in [6.45, 7) is 5.83. The number of benzene rings is 6. The molecule has 2 aliphatic rings. The second-order valence-electron chi connectivity index (χ2n) is 13.2. The first-order valence-corrected chi connectivity index (χ1v) is 17.4. The summed E-state index contributed by atoms with van der Waals surface area (Å²) >= 11 is 0. The van der Waals surface area contributed by atoms with Gasteiger partial charge >= 0.3 is 0 Å². The fraction of sp³-hybridized carbons (Fsp3) is 0.0417. The van der Waals surface area contributed by atoms with E-state index in [2.05, 4.69) is 128 Å². The Morgan fingerprint density at radius 2 is 1.20 bits per heavy atom. The van der Waals surface area contributed by atoms with E-state index in [4.69, 9.17) is 14.4 Å². The van der Waals surface area contributed by atoms with Crippen LogP contribution in [-0.4, -0.2) is 9.97 Å². The van der Waals surface area contributed by atoms with Crippen molar-refractivity contribution >= 4 is 27.6 Å². The van der Waals surface area contributed by atoms with Crippen molar-refractivity contribution in [2.24, 2.45) is 0 Å². The van der Waals surface area contributed by atoms with E-state index in [1.165, 1.54) is 44.5 Å². The zero-order chi connectivity index (χ0) is 34.1. The van der Waals surface area contributed by atoms with Gasteiger partial charge in [0.1, 0.15) is 5.58 Å². The van der Waals surface area contributed by atoms with Crippen LogP contribution in [0.15, 0.2) is 175 Å². The van der Waals surface area contributed by atoms with Crippen molar-refractivity contribution in [3.05, 3.63) is 198 Å². The summed E-state index contributed by atoms with van der Waals surface area (Å²) in [6.07, 6.45) is 7.64. The second-order valence-corrected chi connectivity index (χ2v) is 13.2. The summed E-state index contributed by atoms with van der Waals surface area (Å²) < 4.78 is 6.49. The fourth-order valence-electron chi connectivity index (χ4n) is 8.53.